The zero-order valence-corrected chi connectivity index (χ0v) is 17.9. The van der Waals surface area contributed by atoms with E-state index in [1.54, 1.807) is 30.3 Å². The molecule has 162 valence electrons. The maximum absolute atomic E-state index is 13.0. The highest BCUT2D eigenvalue weighted by Crippen LogP contribution is 2.23. The number of anilines is 1. The topological polar surface area (TPSA) is 103 Å². The van der Waals surface area contributed by atoms with Crippen molar-refractivity contribution < 1.29 is 22.5 Å². The van der Waals surface area contributed by atoms with Crippen LogP contribution in [0.1, 0.15) is 16.2 Å². The summed E-state index contributed by atoms with van der Waals surface area (Å²) in [6.07, 6.45) is 0. The van der Waals surface area contributed by atoms with Crippen molar-refractivity contribution in [3.05, 3.63) is 96.4 Å². The summed E-state index contributed by atoms with van der Waals surface area (Å²) < 4.78 is 37.4. The number of aromatic nitrogens is 2. The predicted molar refractivity (Wildman–Crippen MR) is 117 cm³/mol. The van der Waals surface area contributed by atoms with Crippen LogP contribution >= 0.6 is 0 Å². The predicted octanol–water partition coefficient (Wildman–Crippen LogP) is 3.92. The quantitative estimate of drug-likeness (QED) is 0.394. The van der Waals surface area contributed by atoms with E-state index in [9.17, 15) is 13.2 Å². The van der Waals surface area contributed by atoms with E-state index < -0.39 is 16.0 Å². The van der Waals surface area contributed by atoms with Crippen molar-refractivity contribution in [2.45, 2.75) is 11.5 Å². The van der Waals surface area contributed by atoms with Gasteiger partial charge in [0.2, 0.25) is 5.82 Å². The van der Waals surface area contributed by atoms with E-state index in [4.69, 9.17) is 9.26 Å². The third-order valence-electron chi connectivity index (χ3n) is 4.67. The fraction of sp³-hybridized carbons (Fsp3) is 0.0870. The van der Waals surface area contributed by atoms with E-state index in [0.717, 1.165) is 9.87 Å². The zero-order chi connectivity index (χ0) is 22.6. The van der Waals surface area contributed by atoms with Crippen LogP contribution < -0.4 is 4.31 Å². The molecule has 0 aliphatic carbocycles. The number of esters is 1. The van der Waals surface area contributed by atoms with Gasteiger partial charge in [0, 0.05) is 12.6 Å². The molecule has 32 heavy (non-hydrogen) atoms. The molecule has 0 unspecified atom stereocenters. The number of benzene rings is 3. The molecular weight excluding hydrogens is 430 g/mol. The molecule has 0 N–H and O–H groups in total. The number of hydrogen-bond acceptors (Lipinski definition) is 7. The summed E-state index contributed by atoms with van der Waals surface area (Å²) >= 11 is 0. The standard InChI is InChI=1S/C23H19N3O5S/c1-26(19-12-6-3-7-13-19)32(28,29)20-14-8-11-18(15-20)23(27)30-16-21-24-22(25-31-21)17-9-4-2-5-10-17/h2-15H,16H2,1H3. The van der Waals surface area contributed by atoms with E-state index in [2.05, 4.69) is 10.1 Å². The van der Waals surface area contributed by atoms with Gasteiger partial charge in [-0.05, 0) is 30.3 Å². The molecule has 1 heterocycles. The molecule has 8 nitrogen and oxygen atoms in total. The van der Waals surface area contributed by atoms with E-state index in [1.807, 2.05) is 30.3 Å². The van der Waals surface area contributed by atoms with Gasteiger partial charge in [-0.25, -0.2) is 13.2 Å². The van der Waals surface area contributed by atoms with Gasteiger partial charge in [-0.2, -0.15) is 4.98 Å². The lowest BCUT2D eigenvalue weighted by molar-refractivity contribution is 0.0429. The Kier molecular flexibility index (Phi) is 6.00. The lowest BCUT2D eigenvalue weighted by Crippen LogP contribution is -2.26. The van der Waals surface area contributed by atoms with Crippen molar-refractivity contribution in [3.63, 3.8) is 0 Å². The molecule has 0 aliphatic heterocycles. The SMILES string of the molecule is CN(c1ccccc1)S(=O)(=O)c1cccc(C(=O)OCc2nc(-c3ccccc3)no2)c1. The average molecular weight is 449 g/mol. The number of nitrogens with zero attached hydrogens (tertiary/aromatic N) is 3. The molecule has 0 radical (unpaired) electrons. The van der Waals surface area contributed by atoms with Gasteiger partial charge in [-0.15, -0.1) is 0 Å². The molecule has 0 spiro atoms. The Morgan fingerprint density at radius 2 is 1.66 bits per heavy atom. The Balaban J connectivity index is 1.46. The first kappa shape index (κ1) is 21.3. The summed E-state index contributed by atoms with van der Waals surface area (Å²) in [5.74, 6) is -0.192. The van der Waals surface area contributed by atoms with Gasteiger partial charge in [-0.1, -0.05) is 59.8 Å². The van der Waals surface area contributed by atoms with E-state index in [1.165, 1.54) is 31.3 Å². The fourth-order valence-electron chi connectivity index (χ4n) is 2.95. The summed E-state index contributed by atoms with van der Waals surface area (Å²) in [7, 11) is -2.40. The molecule has 0 saturated heterocycles. The van der Waals surface area contributed by atoms with Crippen LogP contribution in [0.5, 0.6) is 0 Å². The Bertz CT molecular complexity index is 1320. The Hall–Kier alpha value is -3.98. The molecule has 4 rings (SSSR count). The van der Waals surface area contributed by atoms with Crippen LogP contribution in [-0.4, -0.2) is 31.6 Å². The largest absolute Gasteiger partial charge is 0.452 e. The maximum Gasteiger partial charge on any atom is 0.338 e. The summed E-state index contributed by atoms with van der Waals surface area (Å²) in [6.45, 7) is -0.237. The first-order chi connectivity index (χ1) is 15.4. The summed E-state index contributed by atoms with van der Waals surface area (Å²) in [5, 5.41) is 3.87. The maximum atomic E-state index is 13.0. The molecule has 0 bridgehead atoms. The van der Waals surface area contributed by atoms with Gasteiger partial charge in [-0.3, -0.25) is 4.31 Å². The lowest BCUT2D eigenvalue weighted by atomic mass is 10.2. The van der Waals surface area contributed by atoms with Crippen molar-refractivity contribution in [1.29, 1.82) is 0 Å². The second-order valence-corrected chi connectivity index (χ2v) is 8.76. The van der Waals surface area contributed by atoms with Crippen molar-refractivity contribution in [1.82, 2.24) is 10.1 Å². The zero-order valence-electron chi connectivity index (χ0n) is 17.1. The molecule has 0 fully saturated rings. The highest BCUT2D eigenvalue weighted by atomic mass is 32.2. The minimum absolute atomic E-state index is 0.0255. The molecular formula is C23H19N3O5S. The van der Waals surface area contributed by atoms with Crippen LogP contribution in [0.4, 0.5) is 5.69 Å². The number of carbonyl (C=O) groups excluding carboxylic acids is 1. The molecule has 1 aromatic heterocycles. The van der Waals surface area contributed by atoms with Crippen molar-refractivity contribution >= 4 is 21.7 Å². The van der Waals surface area contributed by atoms with Crippen LogP contribution in [0.3, 0.4) is 0 Å². The molecule has 0 atom stereocenters. The molecule has 9 heteroatoms. The average Bonchev–Trinajstić information content (AvgIpc) is 3.32. The van der Waals surface area contributed by atoms with Crippen molar-refractivity contribution in [2.24, 2.45) is 0 Å². The Morgan fingerprint density at radius 3 is 2.38 bits per heavy atom. The second kappa shape index (κ2) is 9.03. The molecule has 0 saturated carbocycles. The van der Waals surface area contributed by atoms with Gasteiger partial charge in [0.1, 0.15) is 0 Å². The molecule has 0 amide bonds. The third kappa shape index (κ3) is 4.52. The van der Waals surface area contributed by atoms with E-state index in [0.29, 0.717) is 11.5 Å². The number of hydrogen-bond donors (Lipinski definition) is 0. The molecule has 0 aliphatic rings. The van der Waals surface area contributed by atoms with E-state index >= 15 is 0 Å². The first-order valence-corrected chi connectivity index (χ1v) is 11.1. The monoisotopic (exact) mass is 449 g/mol. The van der Waals surface area contributed by atoms with Crippen molar-refractivity contribution in [2.75, 3.05) is 11.4 Å². The summed E-state index contributed by atoms with van der Waals surface area (Å²) in [6, 6.07) is 23.6. The second-order valence-electron chi connectivity index (χ2n) is 6.79. The molecule has 4 aromatic rings. The third-order valence-corrected chi connectivity index (χ3v) is 6.46. The molecule has 3 aromatic carbocycles. The van der Waals surface area contributed by atoms with Crippen molar-refractivity contribution in [3.8, 4) is 11.4 Å². The number of rotatable bonds is 7. The van der Waals surface area contributed by atoms with Gasteiger partial charge >= 0.3 is 5.97 Å². The minimum Gasteiger partial charge on any atom is -0.452 e. The highest BCUT2D eigenvalue weighted by Gasteiger charge is 2.23. The smallest absolute Gasteiger partial charge is 0.338 e. The first-order valence-electron chi connectivity index (χ1n) is 9.64. The number of para-hydroxylation sites is 1. The summed E-state index contributed by atoms with van der Waals surface area (Å²) in [5.41, 5.74) is 1.37. The lowest BCUT2D eigenvalue weighted by Gasteiger charge is -2.19. The van der Waals surface area contributed by atoms with Crippen LogP contribution in [0, 0.1) is 0 Å². The van der Waals surface area contributed by atoms with Crippen LogP contribution in [-0.2, 0) is 21.4 Å². The van der Waals surface area contributed by atoms with Gasteiger partial charge in [0.05, 0.1) is 16.1 Å². The fourth-order valence-corrected chi connectivity index (χ4v) is 4.19. The van der Waals surface area contributed by atoms with E-state index in [-0.39, 0.29) is 23.0 Å². The van der Waals surface area contributed by atoms with Gasteiger partial charge in [0.15, 0.2) is 6.61 Å². The highest BCUT2D eigenvalue weighted by molar-refractivity contribution is 7.92. The Morgan fingerprint density at radius 1 is 0.969 bits per heavy atom. The van der Waals surface area contributed by atoms with Crippen LogP contribution in [0.15, 0.2) is 94.3 Å². The number of carbonyl (C=O) groups is 1. The van der Waals surface area contributed by atoms with Crippen LogP contribution in [0.25, 0.3) is 11.4 Å². The van der Waals surface area contributed by atoms with Gasteiger partial charge in [0.25, 0.3) is 15.9 Å². The van der Waals surface area contributed by atoms with Crippen LogP contribution in [0.2, 0.25) is 0 Å². The Labute approximate surface area is 185 Å². The minimum atomic E-state index is -3.86. The summed E-state index contributed by atoms with van der Waals surface area (Å²) in [4.78, 5) is 16.7. The number of ether oxygens (including phenoxy) is 1. The normalized spacial score (nSPS) is 11.2. The van der Waals surface area contributed by atoms with Gasteiger partial charge < -0.3 is 9.26 Å². The number of sulfonamides is 1.